The second-order valence-electron chi connectivity index (χ2n) is 11.5. The van der Waals surface area contributed by atoms with Gasteiger partial charge in [0.05, 0.1) is 12.7 Å². The number of likely N-dealkylation sites (tertiary alicyclic amines) is 2. The number of Topliss-reactive ketones (excluding diaryl/α,β-unsaturated/α-hetero) is 1. The number of rotatable bonds is 8. The van der Waals surface area contributed by atoms with E-state index in [1.165, 1.54) is 11.8 Å². The second-order valence-corrected chi connectivity index (χ2v) is 11.5. The van der Waals surface area contributed by atoms with E-state index in [0.717, 1.165) is 49.4 Å². The maximum absolute atomic E-state index is 13.2. The summed E-state index contributed by atoms with van der Waals surface area (Å²) in [6.07, 6.45) is 4.60. The first-order valence-corrected chi connectivity index (χ1v) is 14.8. The van der Waals surface area contributed by atoms with E-state index in [1.807, 2.05) is 55.3 Å². The van der Waals surface area contributed by atoms with Crippen LogP contribution in [0.4, 0.5) is 0 Å². The molecular formula is C34H40N4O4. The van der Waals surface area contributed by atoms with Crippen LogP contribution in [-0.4, -0.2) is 83.7 Å². The van der Waals surface area contributed by atoms with E-state index in [0.29, 0.717) is 37.2 Å². The minimum absolute atomic E-state index is 0.0745. The second kappa shape index (κ2) is 13.3. The highest BCUT2D eigenvalue weighted by molar-refractivity contribution is 5.98. The van der Waals surface area contributed by atoms with Gasteiger partial charge >= 0.3 is 0 Å². The fourth-order valence-corrected chi connectivity index (χ4v) is 5.93. The van der Waals surface area contributed by atoms with Gasteiger partial charge in [-0.2, -0.15) is 0 Å². The van der Waals surface area contributed by atoms with E-state index in [1.54, 1.807) is 24.1 Å². The van der Waals surface area contributed by atoms with E-state index in [4.69, 9.17) is 4.74 Å². The lowest BCUT2D eigenvalue weighted by Crippen LogP contribution is -2.45. The van der Waals surface area contributed by atoms with E-state index in [9.17, 15) is 14.4 Å². The normalized spacial score (nSPS) is 16.7. The molecule has 1 aromatic heterocycles. The number of methoxy groups -OCH3 is 1. The molecule has 5 rings (SSSR count). The SMILES string of the molecule is COc1ccc(CN2CCC(N(C)C(=O)c3ccc(C(=O)N4CCC(C(=O)c5ccc(C)cc5)CC4)nc3)CC2)cc1. The van der Waals surface area contributed by atoms with Crippen LogP contribution in [0.1, 0.15) is 68.0 Å². The van der Waals surface area contributed by atoms with Crippen LogP contribution < -0.4 is 4.74 Å². The molecule has 220 valence electrons. The quantitative estimate of drug-likeness (QED) is 0.361. The van der Waals surface area contributed by atoms with Gasteiger partial charge < -0.3 is 14.5 Å². The summed E-state index contributed by atoms with van der Waals surface area (Å²) in [6, 6.07) is 19.3. The summed E-state index contributed by atoms with van der Waals surface area (Å²) in [5.74, 6) is 0.694. The molecular weight excluding hydrogens is 528 g/mol. The van der Waals surface area contributed by atoms with Crippen LogP contribution in [0.3, 0.4) is 0 Å². The topological polar surface area (TPSA) is 83.0 Å². The van der Waals surface area contributed by atoms with Gasteiger partial charge in [-0.3, -0.25) is 24.3 Å². The Morgan fingerprint density at radius 2 is 1.50 bits per heavy atom. The summed E-state index contributed by atoms with van der Waals surface area (Å²) in [5, 5.41) is 0. The average molecular weight is 569 g/mol. The van der Waals surface area contributed by atoms with E-state index in [2.05, 4.69) is 22.0 Å². The molecule has 8 heteroatoms. The number of amides is 2. The molecule has 0 unspecified atom stereocenters. The van der Waals surface area contributed by atoms with Gasteiger partial charge in [0, 0.05) is 63.5 Å². The number of hydrogen-bond donors (Lipinski definition) is 0. The lowest BCUT2D eigenvalue weighted by Gasteiger charge is -2.36. The highest BCUT2D eigenvalue weighted by Gasteiger charge is 2.30. The molecule has 8 nitrogen and oxygen atoms in total. The summed E-state index contributed by atoms with van der Waals surface area (Å²) in [6.45, 7) is 5.77. The largest absolute Gasteiger partial charge is 0.497 e. The molecule has 0 atom stereocenters. The van der Waals surface area contributed by atoms with Crippen LogP contribution in [0, 0.1) is 12.8 Å². The number of pyridine rings is 1. The molecule has 42 heavy (non-hydrogen) atoms. The van der Waals surface area contributed by atoms with Gasteiger partial charge in [0.25, 0.3) is 11.8 Å². The number of aryl methyl sites for hydroxylation is 1. The third-order valence-corrected chi connectivity index (χ3v) is 8.71. The Hall–Kier alpha value is -4.04. The zero-order valence-corrected chi connectivity index (χ0v) is 24.8. The van der Waals surface area contributed by atoms with Crippen LogP contribution in [0.5, 0.6) is 5.75 Å². The Morgan fingerprint density at radius 3 is 2.10 bits per heavy atom. The molecule has 0 radical (unpaired) electrons. The van der Waals surface area contributed by atoms with Gasteiger partial charge in [-0.25, -0.2) is 0 Å². The first-order chi connectivity index (χ1) is 20.3. The van der Waals surface area contributed by atoms with Gasteiger partial charge in [-0.15, -0.1) is 0 Å². The van der Waals surface area contributed by atoms with Crippen molar-refractivity contribution in [2.45, 2.75) is 45.2 Å². The van der Waals surface area contributed by atoms with Crippen molar-refractivity contribution < 1.29 is 19.1 Å². The van der Waals surface area contributed by atoms with Gasteiger partial charge in [0.1, 0.15) is 11.4 Å². The number of carbonyl (C=O) groups excluding carboxylic acids is 3. The molecule has 2 amide bonds. The van der Waals surface area contributed by atoms with Crippen molar-refractivity contribution in [1.29, 1.82) is 0 Å². The number of ketones is 1. The van der Waals surface area contributed by atoms with Crippen molar-refractivity contribution in [3.63, 3.8) is 0 Å². The lowest BCUT2D eigenvalue weighted by atomic mass is 9.88. The predicted molar refractivity (Wildman–Crippen MR) is 162 cm³/mol. The van der Waals surface area contributed by atoms with Crippen molar-refractivity contribution in [1.82, 2.24) is 19.7 Å². The third-order valence-electron chi connectivity index (χ3n) is 8.71. The van der Waals surface area contributed by atoms with E-state index < -0.39 is 0 Å². The number of aromatic nitrogens is 1. The van der Waals surface area contributed by atoms with Crippen LogP contribution in [0.15, 0.2) is 66.9 Å². The van der Waals surface area contributed by atoms with Gasteiger partial charge in [-0.1, -0.05) is 42.0 Å². The standard InChI is InChI=1S/C34H40N4O4/c1-24-4-8-26(9-5-24)32(39)27-14-20-38(21-15-27)34(41)31-13-10-28(22-35-31)33(40)36(2)29-16-18-37(19-17-29)23-25-6-11-30(42-3)12-7-25/h4-13,22,27,29H,14-21,23H2,1-3H3. The molecule has 3 heterocycles. The molecule has 3 aromatic rings. The average Bonchev–Trinajstić information content (AvgIpc) is 3.04. The monoisotopic (exact) mass is 568 g/mol. The smallest absolute Gasteiger partial charge is 0.272 e. The molecule has 2 aromatic carbocycles. The first-order valence-electron chi connectivity index (χ1n) is 14.8. The molecule has 0 spiro atoms. The molecule has 0 aliphatic carbocycles. The number of carbonyl (C=O) groups is 3. The van der Waals surface area contributed by atoms with Crippen LogP contribution in [0.25, 0.3) is 0 Å². The van der Waals surface area contributed by atoms with E-state index in [-0.39, 0.29) is 29.6 Å². The maximum Gasteiger partial charge on any atom is 0.272 e. The van der Waals surface area contributed by atoms with Crippen molar-refractivity contribution in [3.05, 3.63) is 94.8 Å². The van der Waals surface area contributed by atoms with Crippen molar-refractivity contribution >= 4 is 17.6 Å². The fraction of sp³-hybridized carbons (Fsp3) is 0.412. The Labute approximate surface area is 248 Å². The van der Waals surface area contributed by atoms with Crippen molar-refractivity contribution in [2.24, 2.45) is 5.92 Å². The molecule has 2 aliphatic rings. The molecule has 2 fully saturated rings. The summed E-state index contributed by atoms with van der Waals surface area (Å²) < 4.78 is 5.25. The van der Waals surface area contributed by atoms with Gasteiger partial charge in [0.2, 0.25) is 0 Å². The minimum Gasteiger partial charge on any atom is -0.497 e. The summed E-state index contributed by atoms with van der Waals surface area (Å²) >= 11 is 0. The first kappa shape index (κ1) is 29.5. The van der Waals surface area contributed by atoms with Gasteiger partial charge in [0.15, 0.2) is 5.78 Å². The molecule has 0 saturated carbocycles. The third kappa shape index (κ3) is 6.87. The Balaban J connectivity index is 1.09. The highest BCUT2D eigenvalue weighted by Crippen LogP contribution is 2.24. The van der Waals surface area contributed by atoms with Gasteiger partial charge in [-0.05, 0) is 62.4 Å². The van der Waals surface area contributed by atoms with Crippen molar-refractivity contribution in [3.8, 4) is 5.75 Å². The minimum atomic E-state index is -0.159. The summed E-state index contributed by atoms with van der Waals surface area (Å²) in [4.78, 5) is 49.6. The molecule has 0 bridgehead atoms. The Morgan fingerprint density at radius 1 is 0.857 bits per heavy atom. The van der Waals surface area contributed by atoms with Crippen LogP contribution in [0.2, 0.25) is 0 Å². The number of nitrogens with zero attached hydrogens (tertiary/aromatic N) is 4. The van der Waals surface area contributed by atoms with Crippen LogP contribution >= 0.6 is 0 Å². The molecule has 2 saturated heterocycles. The van der Waals surface area contributed by atoms with Crippen LogP contribution in [-0.2, 0) is 6.54 Å². The Kier molecular flexibility index (Phi) is 9.32. The summed E-state index contributed by atoms with van der Waals surface area (Å²) in [7, 11) is 3.53. The zero-order valence-electron chi connectivity index (χ0n) is 24.8. The Bertz CT molecular complexity index is 1370. The predicted octanol–water partition coefficient (Wildman–Crippen LogP) is 4.87. The number of benzene rings is 2. The zero-order chi connectivity index (χ0) is 29.6. The summed E-state index contributed by atoms with van der Waals surface area (Å²) in [5.41, 5.74) is 3.91. The molecule has 0 N–H and O–H groups in total. The maximum atomic E-state index is 13.2. The number of piperidine rings is 2. The van der Waals surface area contributed by atoms with Crippen molar-refractivity contribution in [2.75, 3.05) is 40.3 Å². The van der Waals surface area contributed by atoms with E-state index >= 15 is 0 Å². The number of hydrogen-bond acceptors (Lipinski definition) is 6. The fourth-order valence-electron chi connectivity index (χ4n) is 5.93. The number of ether oxygens (including phenoxy) is 1. The lowest BCUT2D eigenvalue weighted by molar-refractivity contribution is 0.0630. The highest BCUT2D eigenvalue weighted by atomic mass is 16.5. The molecule has 2 aliphatic heterocycles.